The fourth-order valence-electron chi connectivity index (χ4n) is 1.37. The number of carbonyl (C=O) groups is 1. The van der Waals surface area contributed by atoms with Crippen molar-refractivity contribution < 1.29 is 19.0 Å². The molecule has 0 aromatic carbocycles. The van der Waals surface area contributed by atoms with Gasteiger partial charge >= 0.3 is 5.97 Å². The van der Waals surface area contributed by atoms with E-state index in [0.29, 0.717) is 32.8 Å². The summed E-state index contributed by atoms with van der Waals surface area (Å²) in [7, 11) is 1.64. The molecule has 100 valence electrons. The van der Waals surface area contributed by atoms with Crippen molar-refractivity contribution in [2.75, 3.05) is 33.5 Å². The summed E-state index contributed by atoms with van der Waals surface area (Å²) in [5, 5.41) is 0. The van der Waals surface area contributed by atoms with E-state index in [1.54, 1.807) is 20.1 Å². The Morgan fingerprint density at radius 3 is 2.59 bits per heavy atom. The first-order chi connectivity index (χ1) is 8.10. The topological polar surface area (TPSA) is 44.8 Å². The van der Waals surface area contributed by atoms with Gasteiger partial charge in [0.15, 0.2) is 0 Å². The number of ether oxygens (including phenoxy) is 3. The summed E-state index contributed by atoms with van der Waals surface area (Å²) in [5.41, 5.74) is -0.610. The first kappa shape index (κ1) is 16.1. The number of esters is 1. The van der Waals surface area contributed by atoms with Crippen LogP contribution in [0.2, 0.25) is 0 Å². The highest BCUT2D eigenvalue weighted by Gasteiger charge is 2.30. The second kappa shape index (κ2) is 9.19. The molecule has 0 bridgehead atoms. The Morgan fingerprint density at radius 1 is 1.35 bits per heavy atom. The average molecular weight is 244 g/mol. The molecule has 0 spiro atoms. The van der Waals surface area contributed by atoms with Crippen LogP contribution in [0.3, 0.4) is 0 Å². The molecule has 1 atom stereocenters. The molecule has 4 nitrogen and oxygen atoms in total. The average Bonchev–Trinajstić information content (AvgIpc) is 2.33. The van der Waals surface area contributed by atoms with Crippen LogP contribution in [0.25, 0.3) is 0 Å². The van der Waals surface area contributed by atoms with Crippen LogP contribution in [0, 0.1) is 5.41 Å². The van der Waals surface area contributed by atoms with E-state index >= 15 is 0 Å². The summed E-state index contributed by atoms with van der Waals surface area (Å²) in [4.78, 5) is 11.7. The lowest BCUT2D eigenvalue weighted by Gasteiger charge is -2.23. The second-order valence-electron chi connectivity index (χ2n) is 4.05. The molecule has 1 unspecified atom stereocenters. The van der Waals surface area contributed by atoms with E-state index in [4.69, 9.17) is 14.2 Å². The number of rotatable bonds is 10. The number of methoxy groups -OCH3 is 1. The van der Waals surface area contributed by atoms with Gasteiger partial charge in [-0.15, -0.1) is 6.58 Å². The third-order valence-electron chi connectivity index (χ3n) is 2.61. The summed E-state index contributed by atoms with van der Waals surface area (Å²) in [6.07, 6.45) is 3.13. The SMILES string of the molecule is C=CC(C)(CCCOCCOC)C(=O)OCC. The maximum atomic E-state index is 11.7. The predicted octanol–water partition coefficient (Wildman–Crippen LogP) is 2.18. The molecule has 0 aliphatic carbocycles. The van der Waals surface area contributed by atoms with Gasteiger partial charge in [0.2, 0.25) is 0 Å². The molecule has 0 aliphatic rings. The normalized spacial score (nSPS) is 14.1. The van der Waals surface area contributed by atoms with Crippen LogP contribution in [0.15, 0.2) is 12.7 Å². The summed E-state index contributed by atoms with van der Waals surface area (Å²) < 4.78 is 15.2. The van der Waals surface area contributed by atoms with E-state index in [9.17, 15) is 4.79 Å². The molecule has 0 radical (unpaired) electrons. The Kier molecular flexibility index (Phi) is 8.72. The quantitative estimate of drug-likeness (QED) is 0.336. The number of hydrogen-bond acceptors (Lipinski definition) is 4. The van der Waals surface area contributed by atoms with Crippen molar-refractivity contribution in [2.24, 2.45) is 5.41 Å². The van der Waals surface area contributed by atoms with Crippen LogP contribution in [-0.4, -0.2) is 39.5 Å². The van der Waals surface area contributed by atoms with Crippen molar-refractivity contribution in [1.29, 1.82) is 0 Å². The minimum atomic E-state index is -0.610. The third-order valence-corrected chi connectivity index (χ3v) is 2.61. The van der Waals surface area contributed by atoms with Crippen molar-refractivity contribution in [2.45, 2.75) is 26.7 Å². The van der Waals surface area contributed by atoms with Crippen LogP contribution in [-0.2, 0) is 19.0 Å². The molecule has 0 aliphatic heterocycles. The zero-order valence-corrected chi connectivity index (χ0v) is 11.2. The lowest BCUT2D eigenvalue weighted by Crippen LogP contribution is -2.28. The molecule has 0 N–H and O–H groups in total. The first-order valence-electron chi connectivity index (χ1n) is 5.98. The van der Waals surface area contributed by atoms with Gasteiger partial charge in [-0.2, -0.15) is 0 Å². The van der Waals surface area contributed by atoms with Gasteiger partial charge in [0.05, 0.1) is 25.2 Å². The highest BCUT2D eigenvalue weighted by Crippen LogP contribution is 2.26. The largest absolute Gasteiger partial charge is 0.465 e. The third kappa shape index (κ3) is 6.44. The minimum absolute atomic E-state index is 0.216. The summed E-state index contributed by atoms with van der Waals surface area (Å²) in [6, 6.07) is 0. The summed E-state index contributed by atoms with van der Waals surface area (Å²) in [5.74, 6) is -0.216. The molecule has 4 heteroatoms. The van der Waals surface area contributed by atoms with Crippen molar-refractivity contribution in [3.63, 3.8) is 0 Å². The van der Waals surface area contributed by atoms with Crippen molar-refractivity contribution >= 4 is 5.97 Å². The number of carbonyl (C=O) groups excluding carboxylic acids is 1. The second-order valence-corrected chi connectivity index (χ2v) is 4.05. The van der Waals surface area contributed by atoms with Gasteiger partial charge in [0.25, 0.3) is 0 Å². The fourth-order valence-corrected chi connectivity index (χ4v) is 1.37. The highest BCUT2D eigenvalue weighted by molar-refractivity contribution is 5.78. The molecule has 0 aromatic heterocycles. The Bertz CT molecular complexity index is 227. The van der Waals surface area contributed by atoms with Gasteiger partial charge in [0.1, 0.15) is 0 Å². The van der Waals surface area contributed by atoms with Gasteiger partial charge in [0, 0.05) is 13.7 Å². The van der Waals surface area contributed by atoms with Gasteiger partial charge in [-0.25, -0.2) is 0 Å². The van der Waals surface area contributed by atoms with E-state index in [2.05, 4.69) is 6.58 Å². The molecular formula is C13H24O4. The predicted molar refractivity (Wildman–Crippen MR) is 66.9 cm³/mol. The van der Waals surface area contributed by atoms with Crippen LogP contribution < -0.4 is 0 Å². The van der Waals surface area contributed by atoms with E-state index < -0.39 is 5.41 Å². The molecular weight excluding hydrogens is 220 g/mol. The Balaban J connectivity index is 3.87. The van der Waals surface area contributed by atoms with Gasteiger partial charge in [-0.05, 0) is 26.7 Å². The highest BCUT2D eigenvalue weighted by atomic mass is 16.5. The molecule has 0 saturated carbocycles. The molecule has 0 rings (SSSR count). The Morgan fingerprint density at radius 2 is 2.06 bits per heavy atom. The molecule has 0 heterocycles. The van der Waals surface area contributed by atoms with Crippen LogP contribution >= 0.6 is 0 Å². The van der Waals surface area contributed by atoms with E-state index in [0.717, 1.165) is 6.42 Å². The lowest BCUT2D eigenvalue weighted by molar-refractivity contribution is -0.152. The summed E-state index contributed by atoms with van der Waals surface area (Å²) >= 11 is 0. The van der Waals surface area contributed by atoms with Gasteiger partial charge in [-0.1, -0.05) is 6.08 Å². The smallest absolute Gasteiger partial charge is 0.315 e. The fraction of sp³-hybridized carbons (Fsp3) is 0.769. The van der Waals surface area contributed by atoms with Crippen molar-refractivity contribution in [1.82, 2.24) is 0 Å². The standard InChI is InChI=1S/C13H24O4/c1-5-13(3,12(14)17-6-2)8-7-9-16-11-10-15-4/h5H,1,6-11H2,2-4H3. The first-order valence-corrected chi connectivity index (χ1v) is 5.98. The zero-order valence-electron chi connectivity index (χ0n) is 11.2. The van der Waals surface area contributed by atoms with Crippen molar-refractivity contribution in [3.8, 4) is 0 Å². The molecule has 17 heavy (non-hydrogen) atoms. The Labute approximate surface area is 104 Å². The maximum absolute atomic E-state index is 11.7. The zero-order chi connectivity index (χ0) is 13.1. The molecule has 0 saturated heterocycles. The van der Waals surface area contributed by atoms with E-state index in [1.807, 2.05) is 6.92 Å². The van der Waals surface area contributed by atoms with Crippen molar-refractivity contribution in [3.05, 3.63) is 12.7 Å². The minimum Gasteiger partial charge on any atom is -0.465 e. The molecule has 0 aromatic rings. The van der Waals surface area contributed by atoms with Gasteiger partial charge in [-0.3, -0.25) is 4.79 Å². The van der Waals surface area contributed by atoms with Crippen LogP contribution in [0.1, 0.15) is 26.7 Å². The summed E-state index contributed by atoms with van der Waals surface area (Å²) in [6.45, 7) is 9.53. The number of hydrogen-bond donors (Lipinski definition) is 0. The monoisotopic (exact) mass is 244 g/mol. The lowest BCUT2D eigenvalue weighted by atomic mass is 9.86. The maximum Gasteiger partial charge on any atom is 0.315 e. The molecule has 0 amide bonds. The van der Waals surface area contributed by atoms with E-state index in [-0.39, 0.29) is 5.97 Å². The molecule has 0 fully saturated rings. The Hall–Kier alpha value is -0.870. The van der Waals surface area contributed by atoms with Gasteiger partial charge < -0.3 is 14.2 Å². The van der Waals surface area contributed by atoms with Crippen LogP contribution in [0.4, 0.5) is 0 Å². The van der Waals surface area contributed by atoms with E-state index in [1.165, 1.54) is 0 Å². The van der Waals surface area contributed by atoms with Crippen LogP contribution in [0.5, 0.6) is 0 Å².